The summed E-state index contributed by atoms with van der Waals surface area (Å²) < 4.78 is 6.40. The second-order valence-electron chi connectivity index (χ2n) is 5.75. The van der Waals surface area contributed by atoms with Gasteiger partial charge in [-0.25, -0.2) is 14.3 Å². The molecule has 0 bridgehead atoms. The molecule has 0 atom stereocenters. The molecule has 2 heterocycles. The highest BCUT2D eigenvalue weighted by Crippen LogP contribution is 2.03. The van der Waals surface area contributed by atoms with Gasteiger partial charge in [-0.15, -0.1) is 5.10 Å². The maximum absolute atomic E-state index is 12.0. The average molecular weight is 353 g/mol. The molecule has 1 amide bonds. The van der Waals surface area contributed by atoms with Crippen LogP contribution in [0.2, 0.25) is 0 Å². The molecule has 8 heteroatoms. The second kappa shape index (κ2) is 8.19. The minimum absolute atomic E-state index is 0.122. The van der Waals surface area contributed by atoms with Gasteiger partial charge < -0.3 is 10.1 Å². The number of rotatable bonds is 7. The number of nitrogens with zero attached hydrogens (tertiary/aromatic N) is 4. The predicted octanol–water partition coefficient (Wildman–Crippen LogP) is 1.34. The van der Waals surface area contributed by atoms with Crippen LogP contribution in [0.15, 0.2) is 42.6 Å². The first-order chi connectivity index (χ1) is 12.6. The normalized spacial score (nSPS) is 10.7. The van der Waals surface area contributed by atoms with Crippen molar-refractivity contribution in [1.29, 1.82) is 0 Å². The summed E-state index contributed by atoms with van der Waals surface area (Å²) >= 11 is 0. The highest BCUT2D eigenvalue weighted by atomic mass is 16.5. The fraction of sp³-hybridized carbons (Fsp3) is 0.278. The van der Waals surface area contributed by atoms with Gasteiger partial charge in [0.2, 0.25) is 0 Å². The van der Waals surface area contributed by atoms with E-state index in [-0.39, 0.29) is 18.3 Å². The first-order valence-corrected chi connectivity index (χ1v) is 8.29. The number of amides is 1. The van der Waals surface area contributed by atoms with Crippen molar-refractivity contribution in [2.75, 3.05) is 13.2 Å². The Hall–Kier alpha value is -3.29. The van der Waals surface area contributed by atoms with Gasteiger partial charge >= 0.3 is 5.97 Å². The van der Waals surface area contributed by atoms with Gasteiger partial charge in [0.15, 0.2) is 6.61 Å². The van der Waals surface area contributed by atoms with Crippen molar-refractivity contribution in [3.05, 3.63) is 59.7 Å². The summed E-state index contributed by atoms with van der Waals surface area (Å²) in [6.07, 6.45) is 3.26. The van der Waals surface area contributed by atoms with Gasteiger partial charge in [-0.2, -0.15) is 4.98 Å². The van der Waals surface area contributed by atoms with Crippen LogP contribution in [0, 0.1) is 6.92 Å². The Labute approximate surface area is 150 Å². The Balaban J connectivity index is 1.42. The Kier molecular flexibility index (Phi) is 5.52. The average Bonchev–Trinajstić information content (AvgIpc) is 3.10. The lowest BCUT2D eigenvalue weighted by molar-refractivity contribution is -0.124. The van der Waals surface area contributed by atoms with Gasteiger partial charge in [0.05, 0.1) is 0 Å². The van der Waals surface area contributed by atoms with E-state index in [9.17, 15) is 9.59 Å². The third-order valence-electron chi connectivity index (χ3n) is 3.75. The summed E-state index contributed by atoms with van der Waals surface area (Å²) in [4.78, 5) is 31.8. The lowest BCUT2D eigenvalue weighted by Crippen LogP contribution is -2.30. The van der Waals surface area contributed by atoms with E-state index < -0.39 is 5.97 Å². The quantitative estimate of drug-likeness (QED) is 0.508. The molecule has 0 radical (unpaired) electrons. The SMILES string of the molecule is Cc1ccnc2nc(C(=O)OCC(=O)NCCCc3ccccc3)nn12. The molecule has 0 saturated heterocycles. The van der Waals surface area contributed by atoms with Crippen molar-refractivity contribution in [3.8, 4) is 0 Å². The Morgan fingerprint density at radius 3 is 2.77 bits per heavy atom. The molecule has 1 aromatic carbocycles. The number of nitrogens with one attached hydrogen (secondary N) is 1. The predicted molar refractivity (Wildman–Crippen MR) is 93.6 cm³/mol. The zero-order chi connectivity index (χ0) is 18.4. The van der Waals surface area contributed by atoms with E-state index in [1.54, 1.807) is 12.3 Å². The Bertz CT molecular complexity index is 908. The zero-order valence-electron chi connectivity index (χ0n) is 14.4. The molecule has 0 aliphatic carbocycles. The molecule has 3 aromatic rings. The smallest absolute Gasteiger partial charge is 0.378 e. The summed E-state index contributed by atoms with van der Waals surface area (Å²) in [5, 5.41) is 6.76. The molecular weight excluding hydrogens is 334 g/mol. The lowest BCUT2D eigenvalue weighted by Gasteiger charge is -2.05. The number of fused-ring (bicyclic) bond motifs is 1. The molecule has 0 fully saturated rings. The summed E-state index contributed by atoms with van der Waals surface area (Å²) in [5.41, 5.74) is 2.01. The van der Waals surface area contributed by atoms with Crippen LogP contribution in [0.25, 0.3) is 5.78 Å². The first kappa shape index (κ1) is 17.5. The summed E-state index contributed by atoms with van der Waals surface area (Å²) in [7, 11) is 0. The maximum Gasteiger partial charge on any atom is 0.378 e. The standard InChI is InChI=1S/C18H19N5O3/c1-13-9-11-20-18-21-16(22-23(13)18)17(25)26-12-15(24)19-10-5-8-14-6-3-2-4-7-14/h2-4,6-7,9,11H,5,8,10,12H2,1H3,(H,19,24). The van der Waals surface area contributed by atoms with Crippen LogP contribution in [-0.2, 0) is 16.0 Å². The minimum atomic E-state index is -0.755. The van der Waals surface area contributed by atoms with E-state index in [1.165, 1.54) is 10.1 Å². The fourth-order valence-corrected chi connectivity index (χ4v) is 2.40. The van der Waals surface area contributed by atoms with Crippen LogP contribution in [0.3, 0.4) is 0 Å². The topological polar surface area (TPSA) is 98.5 Å². The molecule has 0 aliphatic rings. The number of carbonyl (C=O) groups is 2. The maximum atomic E-state index is 12.0. The third kappa shape index (κ3) is 4.41. The van der Waals surface area contributed by atoms with E-state index in [2.05, 4.69) is 20.4 Å². The van der Waals surface area contributed by atoms with E-state index >= 15 is 0 Å². The van der Waals surface area contributed by atoms with Gasteiger partial charge in [0.25, 0.3) is 17.5 Å². The van der Waals surface area contributed by atoms with Crippen molar-refractivity contribution >= 4 is 17.7 Å². The monoisotopic (exact) mass is 353 g/mol. The van der Waals surface area contributed by atoms with Crippen molar-refractivity contribution in [3.63, 3.8) is 0 Å². The molecule has 0 unspecified atom stereocenters. The number of esters is 1. The molecule has 134 valence electrons. The van der Waals surface area contributed by atoms with Crippen LogP contribution < -0.4 is 5.32 Å². The van der Waals surface area contributed by atoms with Gasteiger partial charge in [-0.3, -0.25) is 4.79 Å². The summed E-state index contributed by atoms with van der Waals surface area (Å²) in [6.45, 7) is 1.97. The molecule has 26 heavy (non-hydrogen) atoms. The van der Waals surface area contributed by atoms with Crippen molar-refractivity contribution in [2.45, 2.75) is 19.8 Å². The van der Waals surface area contributed by atoms with Crippen LogP contribution in [0.1, 0.15) is 28.3 Å². The van der Waals surface area contributed by atoms with Crippen molar-refractivity contribution in [2.24, 2.45) is 0 Å². The van der Waals surface area contributed by atoms with E-state index in [4.69, 9.17) is 4.74 Å². The number of hydrogen-bond acceptors (Lipinski definition) is 6. The largest absolute Gasteiger partial charge is 0.450 e. The van der Waals surface area contributed by atoms with Gasteiger partial charge in [-0.1, -0.05) is 30.3 Å². The van der Waals surface area contributed by atoms with E-state index in [0.29, 0.717) is 12.3 Å². The van der Waals surface area contributed by atoms with E-state index in [1.807, 2.05) is 37.3 Å². The number of carbonyl (C=O) groups excluding carboxylic acids is 2. The number of benzene rings is 1. The molecule has 0 saturated carbocycles. The van der Waals surface area contributed by atoms with Crippen molar-refractivity contribution in [1.82, 2.24) is 24.9 Å². The Morgan fingerprint density at radius 2 is 2.00 bits per heavy atom. The van der Waals surface area contributed by atoms with E-state index in [0.717, 1.165) is 18.5 Å². The van der Waals surface area contributed by atoms with Crippen LogP contribution in [-0.4, -0.2) is 44.6 Å². The van der Waals surface area contributed by atoms with Crippen LogP contribution in [0.5, 0.6) is 0 Å². The zero-order valence-corrected chi connectivity index (χ0v) is 14.4. The molecule has 3 rings (SSSR count). The lowest BCUT2D eigenvalue weighted by atomic mass is 10.1. The highest BCUT2D eigenvalue weighted by Gasteiger charge is 2.17. The number of hydrogen-bond donors (Lipinski definition) is 1. The van der Waals surface area contributed by atoms with Crippen LogP contribution >= 0.6 is 0 Å². The molecule has 2 aromatic heterocycles. The summed E-state index contributed by atoms with van der Waals surface area (Å²) in [6, 6.07) is 11.8. The molecule has 0 aliphatic heterocycles. The Morgan fingerprint density at radius 1 is 1.19 bits per heavy atom. The third-order valence-corrected chi connectivity index (χ3v) is 3.75. The molecule has 8 nitrogen and oxygen atoms in total. The number of ether oxygens (including phenoxy) is 1. The second-order valence-corrected chi connectivity index (χ2v) is 5.75. The number of aryl methyl sites for hydroxylation is 2. The van der Waals surface area contributed by atoms with Gasteiger partial charge in [0.1, 0.15) is 0 Å². The highest BCUT2D eigenvalue weighted by molar-refractivity contribution is 5.88. The first-order valence-electron chi connectivity index (χ1n) is 8.29. The van der Waals surface area contributed by atoms with Crippen LogP contribution in [0.4, 0.5) is 0 Å². The molecular formula is C18H19N5O3. The number of aromatic nitrogens is 4. The van der Waals surface area contributed by atoms with Crippen molar-refractivity contribution < 1.29 is 14.3 Å². The summed E-state index contributed by atoms with van der Waals surface area (Å²) in [5.74, 6) is -0.926. The minimum Gasteiger partial charge on any atom is -0.450 e. The molecule has 0 spiro atoms. The fourth-order valence-electron chi connectivity index (χ4n) is 2.40. The molecule has 1 N–H and O–H groups in total. The van der Waals surface area contributed by atoms with Gasteiger partial charge in [-0.05, 0) is 31.4 Å². The van der Waals surface area contributed by atoms with Gasteiger partial charge in [0, 0.05) is 18.4 Å².